The molecule has 2 rings (SSSR count). The molecule has 0 radical (unpaired) electrons. The van der Waals surface area contributed by atoms with Gasteiger partial charge >= 0.3 is 6.18 Å². The highest BCUT2D eigenvalue weighted by Crippen LogP contribution is 2.39. The molecule has 0 amide bonds. The number of hydrogen-bond acceptors (Lipinski definition) is 7. The number of aliphatic hydroxyl groups excluding tert-OH is 1. The van der Waals surface area contributed by atoms with Crippen molar-refractivity contribution in [3.63, 3.8) is 0 Å². The smallest absolute Gasteiger partial charge is 0.419 e. The summed E-state index contributed by atoms with van der Waals surface area (Å²) in [6.45, 7) is 3.52. The van der Waals surface area contributed by atoms with E-state index in [9.17, 15) is 13.2 Å². The molecular weight excluding hydrogens is 431 g/mol. The monoisotopic (exact) mass is 461 g/mol. The summed E-state index contributed by atoms with van der Waals surface area (Å²) in [5, 5.41) is 17.5. The summed E-state index contributed by atoms with van der Waals surface area (Å²) >= 11 is 1.05. The van der Waals surface area contributed by atoms with Gasteiger partial charge in [0.15, 0.2) is 0 Å². The first-order chi connectivity index (χ1) is 14.9. The summed E-state index contributed by atoms with van der Waals surface area (Å²) in [5.74, 6) is -0.194. The van der Waals surface area contributed by atoms with Gasteiger partial charge in [-0.2, -0.15) is 13.2 Å². The van der Waals surface area contributed by atoms with Crippen LogP contribution >= 0.6 is 11.3 Å². The fourth-order valence-corrected chi connectivity index (χ4v) is 3.69. The van der Waals surface area contributed by atoms with Crippen molar-refractivity contribution < 1.29 is 27.8 Å². The number of nitrogens with two attached hydrogens (primary N) is 1. The van der Waals surface area contributed by atoms with Gasteiger partial charge in [-0.25, -0.2) is 0 Å². The van der Waals surface area contributed by atoms with E-state index in [-0.39, 0.29) is 24.5 Å². The van der Waals surface area contributed by atoms with Crippen LogP contribution in [0.1, 0.15) is 62.1 Å². The molecule has 31 heavy (non-hydrogen) atoms. The molecular formula is C21H30F3N3O3S. The Morgan fingerprint density at radius 2 is 1.77 bits per heavy atom. The van der Waals surface area contributed by atoms with Gasteiger partial charge in [-0.05, 0) is 37.5 Å². The van der Waals surface area contributed by atoms with Crippen molar-refractivity contribution in [1.29, 1.82) is 0 Å². The van der Waals surface area contributed by atoms with Gasteiger partial charge in [0.1, 0.15) is 15.8 Å². The number of halogens is 3. The Morgan fingerprint density at radius 3 is 2.45 bits per heavy atom. The lowest BCUT2D eigenvalue weighted by Crippen LogP contribution is -2.13. The second-order valence-electron chi connectivity index (χ2n) is 7.17. The first kappa shape index (κ1) is 25.5. The minimum absolute atomic E-state index is 0.194. The number of hydrogen-bond donors (Lipinski definition) is 2. The van der Waals surface area contributed by atoms with Crippen molar-refractivity contribution in [3.05, 3.63) is 28.8 Å². The first-order valence-electron chi connectivity index (χ1n) is 10.5. The number of aliphatic hydroxyl groups is 1. The van der Waals surface area contributed by atoms with Gasteiger partial charge in [0, 0.05) is 18.8 Å². The third kappa shape index (κ3) is 8.36. The SMILES string of the molecule is CCCOCCCCCCCOc1ccc(-c2nnc(C(N)CO)s2)cc1C(F)(F)F. The van der Waals surface area contributed by atoms with Crippen molar-refractivity contribution in [1.82, 2.24) is 10.2 Å². The predicted molar refractivity (Wildman–Crippen MR) is 114 cm³/mol. The highest BCUT2D eigenvalue weighted by atomic mass is 32.1. The van der Waals surface area contributed by atoms with Crippen molar-refractivity contribution in [3.8, 4) is 16.3 Å². The summed E-state index contributed by atoms with van der Waals surface area (Å²) in [5.41, 5.74) is 5.12. The fraction of sp³-hybridized carbons (Fsp3) is 0.619. The third-order valence-electron chi connectivity index (χ3n) is 4.53. The number of alkyl halides is 3. The van der Waals surface area contributed by atoms with Crippen LogP contribution < -0.4 is 10.5 Å². The lowest BCUT2D eigenvalue weighted by atomic mass is 10.1. The van der Waals surface area contributed by atoms with Gasteiger partial charge in [-0.15, -0.1) is 10.2 Å². The molecule has 0 saturated carbocycles. The van der Waals surface area contributed by atoms with E-state index in [1.165, 1.54) is 12.1 Å². The summed E-state index contributed by atoms with van der Waals surface area (Å²) in [4.78, 5) is 0. The van der Waals surface area contributed by atoms with E-state index in [0.717, 1.165) is 62.7 Å². The van der Waals surface area contributed by atoms with Crippen LogP contribution in [-0.2, 0) is 10.9 Å². The Labute approximate surface area is 184 Å². The fourth-order valence-electron chi connectivity index (χ4n) is 2.85. The third-order valence-corrected chi connectivity index (χ3v) is 5.63. The van der Waals surface area contributed by atoms with Crippen LogP contribution in [0.25, 0.3) is 10.6 Å². The van der Waals surface area contributed by atoms with Crippen LogP contribution in [0.3, 0.4) is 0 Å². The lowest BCUT2D eigenvalue weighted by Gasteiger charge is -2.15. The predicted octanol–water partition coefficient (Wildman–Crippen LogP) is 4.97. The van der Waals surface area contributed by atoms with Gasteiger partial charge in [-0.3, -0.25) is 0 Å². The maximum atomic E-state index is 13.6. The van der Waals surface area contributed by atoms with Crippen LogP contribution in [0.15, 0.2) is 18.2 Å². The summed E-state index contributed by atoms with van der Waals surface area (Å²) < 4.78 is 51.5. The molecule has 1 aromatic carbocycles. The zero-order valence-corrected chi connectivity index (χ0v) is 18.5. The highest BCUT2D eigenvalue weighted by Gasteiger charge is 2.35. The van der Waals surface area contributed by atoms with Crippen LogP contribution in [0, 0.1) is 0 Å². The maximum absolute atomic E-state index is 13.6. The molecule has 1 unspecified atom stereocenters. The van der Waals surface area contributed by atoms with E-state index in [1.807, 2.05) is 0 Å². The molecule has 0 saturated heterocycles. The van der Waals surface area contributed by atoms with Crippen molar-refractivity contribution in [2.75, 3.05) is 26.4 Å². The number of aromatic nitrogens is 2. The van der Waals surface area contributed by atoms with Crippen LogP contribution in [0.2, 0.25) is 0 Å². The van der Waals surface area contributed by atoms with E-state index >= 15 is 0 Å². The largest absolute Gasteiger partial charge is 0.493 e. The molecule has 2 aromatic rings. The maximum Gasteiger partial charge on any atom is 0.419 e. The quantitative estimate of drug-likeness (QED) is 0.386. The Hall–Kier alpha value is -1.75. The molecule has 0 bridgehead atoms. The van der Waals surface area contributed by atoms with Crippen molar-refractivity contribution >= 4 is 11.3 Å². The summed E-state index contributed by atoms with van der Waals surface area (Å²) in [7, 11) is 0. The minimum Gasteiger partial charge on any atom is -0.493 e. The van der Waals surface area contributed by atoms with Crippen LogP contribution in [0.4, 0.5) is 13.2 Å². The molecule has 10 heteroatoms. The zero-order valence-electron chi connectivity index (χ0n) is 17.7. The molecule has 0 aliphatic heterocycles. The second-order valence-corrected chi connectivity index (χ2v) is 8.18. The molecule has 0 aliphatic rings. The Balaban J connectivity index is 1.90. The number of ether oxygens (including phenoxy) is 2. The normalized spacial score (nSPS) is 12.8. The molecule has 0 spiro atoms. The molecule has 174 valence electrons. The first-order valence-corrected chi connectivity index (χ1v) is 11.3. The van der Waals surface area contributed by atoms with Crippen molar-refractivity contribution in [2.24, 2.45) is 5.73 Å². The lowest BCUT2D eigenvalue weighted by molar-refractivity contribution is -0.138. The zero-order chi connectivity index (χ0) is 22.7. The van der Waals surface area contributed by atoms with E-state index in [0.29, 0.717) is 16.4 Å². The average molecular weight is 462 g/mol. The Bertz CT molecular complexity index is 787. The number of nitrogens with zero attached hydrogens (tertiary/aromatic N) is 2. The van der Waals surface area contributed by atoms with Gasteiger partial charge in [0.25, 0.3) is 0 Å². The number of rotatable bonds is 14. The van der Waals surface area contributed by atoms with Crippen LogP contribution in [0.5, 0.6) is 5.75 Å². The van der Waals surface area contributed by atoms with Gasteiger partial charge in [-0.1, -0.05) is 37.5 Å². The molecule has 3 N–H and O–H groups in total. The highest BCUT2D eigenvalue weighted by molar-refractivity contribution is 7.14. The molecule has 1 aromatic heterocycles. The van der Waals surface area contributed by atoms with E-state index < -0.39 is 17.8 Å². The van der Waals surface area contributed by atoms with Gasteiger partial charge in [0.05, 0.1) is 24.8 Å². The van der Waals surface area contributed by atoms with E-state index in [2.05, 4.69) is 17.1 Å². The van der Waals surface area contributed by atoms with Crippen molar-refractivity contribution in [2.45, 2.75) is 57.7 Å². The number of unbranched alkanes of at least 4 members (excludes halogenated alkanes) is 4. The van der Waals surface area contributed by atoms with Gasteiger partial charge < -0.3 is 20.3 Å². The molecule has 0 aliphatic carbocycles. The molecule has 0 fully saturated rings. The minimum atomic E-state index is -4.56. The van der Waals surface area contributed by atoms with Crippen LogP contribution in [-0.4, -0.2) is 41.7 Å². The van der Waals surface area contributed by atoms with E-state index in [4.69, 9.17) is 20.3 Å². The Kier molecular flexibility index (Phi) is 10.7. The standard InChI is InChI=1S/C21H30F3N3O3S/c1-2-10-29-11-6-4-3-5-7-12-30-18-9-8-15(13-16(18)21(22,23)24)19-26-27-20(31-19)17(25)14-28/h8-9,13,17,28H,2-7,10-12,14,25H2,1H3. The molecule has 1 heterocycles. The summed E-state index contributed by atoms with van der Waals surface area (Å²) in [6.07, 6.45) is 1.07. The number of benzene rings is 1. The van der Waals surface area contributed by atoms with E-state index in [1.54, 1.807) is 0 Å². The molecule has 6 nitrogen and oxygen atoms in total. The van der Waals surface area contributed by atoms with Gasteiger partial charge in [0.2, 0.25) is 0 Å². The second kappa shape index (κ2) is 12.9. The molecule has 1 atom stereocenters. The topological polar surface area (TPSA) is 90.5 Å². The average Bonchev–Trinajstić information content (AvgIpc) is 3.24. The summed E-state index contributed by atoms with van der Waals surface area (Å²) in [6, 6.07) is 3.14. The Morgan fingerprint density at radius 1 is 1.06 bits per heavy atom.